The average Bonchev–Trinajstić information content (AvgIpc) is 3.00. The van der Waals surface area contributed by atoms with Crippen LogP contribution in [-0.2, 0) is 4.74 Å². The van der Waals surface area contributed by atoms with E-state index in [1.807, 2.05) is 27.0 Å². The van der Waals surface area contributed by atoms with Crippen LogP contribution < -0.4 is 15.5 Å². The number of rotatable bonds is 6. The number of carbonyl (C=O) groups excluding carboxylic acids is 1. The minimum absolute atomic E-state index is 0.367. The number of ether oxygens (including phenoxy) is 1. The Kier molecular flexibility index (Phi) is 6.07. The molecule has 2 rings (SSSR count). The molecule has 0 bridgehead atoms. The summed E-state index contributed by atoms with van der Waals surface area (Å²) in [5.74, 6) is 1.06. The molecule has 0 aliphatic carbocycles. The van der Waals surface area contributed by atoms with Crippen molar-refractivity contribution in [3.8, 4) is 0 Å². The molecule has 0 saturated carbocycles. The van der Waals surface area contributed by atoms with E-state index in [9.17, 15) is 4.79 Å². The number of nitrogens with zero attached hydrogens (tertiary/aromatic N) is 2. The van der Waals surface area contributed by atoms with Gasteiger partial charge in [-0.05, 0) is 52.2 Å². The zero-order valence-electron chi connectivity index (χ0n) is 14.4. The van der Waals surface area contributed by atoms with Gasteiger partial charge >= 0.3 is 6.09 Å². The fraction of sp³-hybridized carbons (Fsp3) is 0.647. The Bertz CT molecular complexity index is 490. The molecule has 23 heavy (non-hydrogen) atoms. The van der Waals surface area contributed by atoms with Crippen molar-refractivity contribution in [1.29, 1.82) is 0 Å². The molecule has 1 aliphatic rings. The van der Waals surface area contributed by atoms with Crippen molar-refractivity contribution in [3.63, 3.8) is 0 Å². The highest BCUT2D eigenvalue weighted by Gasteiger charge is 2.15. The van der Waals surface area contributed by atoms with Crippen LogP contribution in [0.5, 0.6) is 0 Å². The number of hydrogen-bond donors (Lipinski definition) is 2. The minimum atomic E-state index is -0.453. The van der Waals surface area contributed by atoms with Crippen molar-refractivity contribution >= 4 is 17.6 Å². The summed E-state index contributed by atoms with van der Waals surface area (Å²) >= 11 is 0. The lowest BCUT2D eigenvalue weighted by atomic mass is 10.2. The zero-order chi connectivity index (χ0) is 16.7. The van der Waals surface area contributed by atoms with E-state index in [-0.39, 0.29) is 6.09 Å². The van der Waals surface area contributed by atoms with Crippen molar-refractivity contribution in [2.75, 3.05) is 36.4 Å². The quantitative estimate of drug-likeness (QED) is 0.789. The Balaban J connectivity index is 1.62. The van der Waals surface area contributed by atoms with E-state index >= 15 is 0 Å². The molecular weight excluding hydrogens is 292 g/mol. The number of nitrogens with one attached hydrogen (secondary N) is 2. The first-order valence-corrected chi connectivity index (χ1v) is 8.36. The van der Waals surface area contributed by atoms with Crippen molar-refractivity contribution in [2.24, 2.45) is 0 Å². The molecule has 2 N–H and O–H groups in total. The van der Waals surface area contributed by atoms with Gasteiger partial charge in [0.2, 0.25) is 0 Å². The number of carbonyl (C=O) groups is 1. The number of aromatic nitrogens is 1. The summed E-state index contributed by atoms with van der Waals surface area (Å²) in [6.07, 6.45) is 4.84. The molecule has 1 saturated heterocycles. The Morgan fingerprint density at radius 1 is 1.26 bits per heavy atom. The second-order valence-corrected chi connectivity index (χ2v) is 6.81. The summed E-state index contributed by atoms with van der Waals surface area (Å²) in [6, 6.07) is 4.12. The maximum Gasteiger partial charge on any atom is 0.407 e. The molecule has 0 atom stereocenters. The van der Waals surface area contributed by atoms with Gasteiger partial charge in [0.1, 0.15) is 11.4 Å². The largest absolute Gasteiger partial charge is 0.444 e. The van der Waals surface area contributed by atoms with E-state index in [2.05, 4.69) is 32.7 Å². The zero-order valence-corrected chi connectivity index (χ0v) is 14.4. The number of hydrogen-bond acceptors (Lipinski definition) is 5. The second kappa shape index (κ2) is 8.04. The summed E-state index contributed by atoms with van der Waals surface area (Å²) in [7, 11) is 0. The van der Waals surface area contributed by atoms with Crippen molar-refractivity contribution in [2.45, 2.75) is 45.6 Å². The van der Waals surface area contributed by atoms with Crippen LogP contribution in [-0.4, -0.2) is 42.9 Å². The number of amides is 1. The number of anilines is 2. The third kappa shape index (κ3) is 6.34. The van der Waals surface area contributed by atoms with Gasteiger partial charge in [-0.1, -0.05) is 0 Å². The Morgan fingerprint density at radius 3 is 2.61 bits per heavy atom. The van der Waals surface area contributed by atoms with E-state index in [4.69, 9.17) is 4.74 Å². The first-order chi connectivity index (χ1) is 10.9. The second-order valence-electron chi connectivity index (χ2n) is 6.81. The maximum atomic E-state index is 11.5. The van der Waals surface area contributed by atoms with Gasteiger partial charge < -0.3 is 20.3 Å². The van der Waals surface area contributed by atoms with Crippen LogP contribution in [0.3, 0.4) is 0 Å². The molecule has 6 nitrogen and oxygen atoms in total. The van der Waals surface area contributed by atoms with Crippen LogP contribution in [0.4, 0.5) is 16.3 Å². The fourth-order valence-electron chi connectivity index (χ4n) is 2.45. The molecule has 128 valence electrons. The first kappa shape index (κ1) is 17.4. The molecule has 0 aromatic carbocycles. The van der Waals surface area contributed by atoms with Gasteiger partial charge in [-0.3, -0.25) is 0 Å². The molecule has 0 spiro atoms. The van der Waals surface area contributed by atoms with Crippen LogP contribution in [0.2, 0.25) is 0 Å². The number of pyridine rings is 1. The lowest BCUT2D eigenvalue weighted by Gasteiger charge is -2.19. The highest BCUT2D eigenvalue weighted by atomic mass is 16.6. The molecule has 0 unspecified atom stereocenters. The van der Waals surface area contributed by atoms with E-state index in [0.717, 1.165) is 37.6 Å². The van der Waals surface area contributed by atoms with E-state index in [0.29, 0.717) is 6.54 Å². The van der Waals surface area contributed by atoms with Crippen LogP contribution in [0.15, 0.2) is 18.3 Å². The summed E-state index contributed by atoms with van der Waals surface area (Å²) in [5, 5.41) is 6.06. The first-order valence-electron chi connectivity index (χ1n) is 8.36. The molecule has 6 heteroatoms. The molecule has 0 radical (unpaired) electrons. The molecule has 1 amide bonds. The van der Waals surface area contributed by atoms with Crippen molar-refractivity contribution in [3.05, 3.63) is 18.3 Å². The van der Waals surface area contributed by atoms with Crippen LogP contribution >= 0.6 is 0 Å². The standard InChI is InChI=1S/C17H28N4O2/c1-17(2,3)23-16(22)19-10-6-9-18-14-7-8-15(20-13-14)21-11-4-5-12-21/h7-8,13,18H,4-6,9-12H2,1-3H3,(H,19,22). The smallest absolute Gasteiger partial charge is 0.407 e. The molecule has 2 heterocycles. The lowest BCUT2D eigenvalue weighted by molar-refractivity contribution is 0.0528. The van der Waals surface area contributed by atoms with Crippen molar-refractivity contribution in [1.82, 2.24) is 10.3 Å². The van der Waals surface area contributed by atoms with E-state index in [1.165, 1.54) is 12.8 Å². The minimum Gasteiger partial charge on any atom is -0.444 e. The summed E-state index contributed by atoms with van der Waals surface area (Å²) < 4.78 is 5.18. The third-order valence-corrected chi connectivity index (χ3v) is 3.53. The summed E-state index contributed by atoms with van der Waals surface area (Å²) in [5.41, 5.74) is 0.552. The van der Waals surface area contributed by atoms with Gasteiger partial charge in [0, 0.05) is 26.2 Å². The lowest BCUT2D eigenvalue weighted by Crippen LogP contribution is -2.33. The van der Waals surface area contributed by atoms with Crippen molar-refractivity contribution < 1.29 is 9.53 Å². The SMILES string of the molecule is CC(C)(C)OC(=O)NCCCNc1ccc(N2CCCC2)nc1. The maximum absolute atomic E-state index is 11.5. The third-order valence-electron chi connectivity index (χ3n) is 3.53. The average molecular weight is 320 g/mol. The molecular formula is C17H28N4O2. The Hall–Kier alpha value is -1.98. The summed E-state index contributed by atoms with van der Waals surface area (Å²) in [4.78, 5) is 18.3. The monoisotopic (exact) mass is 320 g/mol. The summed E-state index contributed by atoms with van der Waals surface area (Å²) in [6.45, 7) is 9.14. The van der Waals surface area contributed by atoms with Gasteiger partial charge in [-0.25, -0.2) is 9.78 Å². The van der Waals surface area contributed by atoms with Gasteiger partial charge in [-0.2, -0.15) is 0 Å². The normalized spacial score (nSPS) is 14.7. The van der Waals surface area contributed by atoms with Gasteiger partial charge in [0.05, 0.1) is 11.9 Å². The van der Waals surface area contributed by atoms with Crippen LogP contribution in [0, 0.1) is 0 Å². The van der Waals surface area contributed by atoms with Crippen LogP contribution in [0.1, 0.15) is 40.0 Å². The number of alkyl carbamates (subject to hydrolysis) is 1. The Morgan fingerprint density at radius 2 is 2.00 bits per heavy atom. The molecule has 1 aromatic rings. The topological polar surface area (TPSA) is 66.5 Å². The van der Waals surface area contributed by atoms with E-state index in [1.54, 1.807) is 0 Å². The van der Waals surface area contributed by atoms with E-state index < -0.39 is 5.60 Å². The predicted octanol–water partition coefficient (Wildman–Crippen LogP) is 3.01. The Labute approximate surface area is 138 Å². The fourth-order valence-corrected chi connectivity index (χ4v) is 2.45. The van der Waals surface area contributed by atoms with Gasteiger partial charge in [-0.15, -0.1) is 0 Å². The van der Waals surface area contributed by atoms with Gasteiger partial charge in [0.15, 0.2) is 0 Å². The van der Waals surface area contributed by atoms with Gasteiger partial charge in [0.25, 0.3) is 0 Å². The molecule has 1 aliphatic heterocycles. The van der Waals surface area contributed by atoms with Crippen LogP contribution in [0.25, 0.3) is 0 Å². The molecule has 1 aromatic heterocycles. The highest BCUT2D eigenvalue weighted by Crippen LogP contribution is 2.18. The molecule has 1 fully saturated rings. The predicted molar refractivity (Wildman–Crippen MR) is 93.0 cm³/mol. The highest BCUT2D eigenvalue weighted by molar-refractivity contribution is 5.67.